The monoisotopic (exact) mass is 495 g/mol. The summed E-state index contributed by atoms with van der Waals surface area (Å²) in [6, 6.07) is 21.8. The number of benzene rings is 2. The Morgan fingerprint density at radius 3 is 2.43 bits per heavy atom. The number of rotatable bonds is 11. The second-order valence-corrected chi connectivity index (χ2v) is 9.67. The second-order valence-electron chi connectivity index (χ2n) is 9.67. The van der Waals surface area contributed by atoms with Crippen molar-refractivity contribution in [1.82, 2.24) is 14.3 Å². The predicted octanol–water partition coefficient (Wildman–Crippen LogP) is 5.04. The van der Waals surface area contributed by atoms with E-state index in [2.05, 4.69) is 28.1 Å². The normalized spacial score (nSPS) is 14.2. The first kappa shape index (κ1) is 25.1. The summed E-state index contributed by atoms with van der Waals surface area (Å²) in [5, 5.41) is 0. The van der Waals surface area contributed by atoms with E-state index in [9.17, 15) is 9.59 Å². The molecule has 5 rings (SSSR count). The molecule has 3 heterocycles. The quantitative estimate of drug-likeness (QED) is 0.215. The number of pyridine rings is 1. The van der Waals surface area contributed by atoms with Crippen molar-refractivity contribution in [2.75, 3.05) is 32.8 Å². The van der Waals surface area contributed by atoms with Crippen LogP contribution in [0.2, 0.25) is 0 Å². The van der Waals surface area contributed by atoms with Crippen LogP contribution in [-0.2, 0) is 22.4 Å². The molecule has 2 aromatic carbocycles. The average molecular weight is 496 g/mol. The Hall–Kier alpha value is -3.61. The fourth-order valence-electron chi connectivity index (χ4n) is 4.99. The summed E-state index contributed by atoms with van der Waals surface area (Å²) in [4.78, 5) is 32.5. The number of imidazole rings is 1. The molecule has 0 unspecified atom stereocenters. The van der Waals surface area contributed by atoms with Crippen LogP contribution in [0.4, 0.5) is 0 Å². The maximum atomic E-state index is 13.1. The van der Waals surface area contributed by atoms with E-state index in [1.807, 2.05) is 52.9 Å². The number of carbonyl (C=O) groups is 2. The van der Waals surface area contributed by atoms with Crippen LogP contribution in [0.15, 0.2) is 79.3 Å². The number of aromatic nitrogens is 2. The van der Waals surface area contributed by atoms with E-state index in [0.29, 0.717) is 19.3 Å². The Morgan fingerprint density at radius 1 is 0.865 bits per heavy atom. The molecule has 0 atom stereocenters. The summed E-state index contributed by atoms with van der Waals surface area (Å²) in [7, 11) is 0. The molecule has 190 valence electrons. The van der Waals surface area contributed by atoms with Crippen molar-refractivity contribution in [3.63, 3.8) is 0 Å². The highest BCUT2D eigenvalue weighted by molar-refractivity contribution is 5.96. The number of nitrogens with zero attached hydrogens (tertiary/aromatic N) is 3. The molecule has 1 aliphatic heterocycles. The summed E-state index contributed by atoms with van der Waals surface area (Å²) < 4.78 is 7.38. The zero-order chi connectivity index (χ0) is 25.5. The number of hydrogen-bond acceptors (Lipinski definition) is 5. The third-order valence-corrected chi connectivity index (χ3v) is 7.05. The van der Waals surface area contributed by atoms with Gasteiger partial charge in [0.2, 0.25) is 0 Å². The number of morpholine rings is 1. The predicted molar refractivity (Wildman–Crippen MR) is 145 cm³/mol. The van der Waals surface area contributed by atoms with Gasteiger partial charge in [-0.3, -0.25) is 14.5 Å². The molecule has 1 saturated heterocycles. The topological polar surface area (TPSA) is 63.9 Å². The Bertz CT molecular complexity index is 1340. The van der Waals surface area contributed by atoms with Crippen LogP contribution in [0.3, 0.4) is 0 Å². The Morgan fingerprint density at radius 2 is 1.65 bits per heavy atom. The first-order valence-corrected chi connectivity index (χ1v) is 13.1. The van der Waals surface area contributed by atoms with Gasteiger partial charge in [0.05, 0.1) is 31.3 Å². The van der Waals surface area contributed by atoms with Crippen molar-refractivity contribution in [2.45, 2.75) is 32.1 Å². The summed E-state index contributed by atoms with van der Waals surface area (Å²) >= 11 is 0. The van der Waals surface area contributed by atoms with E-state index in [0.717, 1.165) is 79.2 Å². The van der Waals surface area contributed by atoms with Crippen molar-refractivity contribution in [2.24, 2.45) is 0 Å². The van der Waals surface area contributed by atoms with E-state index in [4.69, 9.17) is 4.74 Å². The van der Waals surface area contributed by atoms with Gasteiger partial charge in [0, 0.05) is 49.2 Å². The number of carbonyl (C=O) groups excluding carboxylic acids is 2. The van der Waals surface area contributed by atoms with Crippen LogP contribution in [0, 0.1) is 0 Å². The van der Waals surface area contributed by atoms with Gasteiger partial charge in [-0.2, -0.15) is 0 Å². The standard InChI is InChI=1S/C31H33N3O3/c35-28(21-30-29(25-6-2-1-3-7-25)14-13-27-22-32-23-34(27)30)20-24-9-11-26(12-10-24)31(36)8-4-5-15-33-16-18-37-19-17-33/h1-3,6-7,9-14,22-23H,4-5,8,15-21H2. The first-order chi connectivity index (χ1) is 18.2. The molecule has 0 bridgehead atoms. The number of Topliss-reactive ketones (excluding diaryl/α,β-unsaturated/α-hetero) is 2. The van der Waals surface area contributed by atoms with E-state index < -0.39 is 0 Å². The minimum absolute atomic E-state index is 0.126. The zero-order valence-corrected chi connectivity index (χ0v) is 21.1. The smallest absolute Gasteiger partial charge is 0.162 e. The average Bonchev–Trinajstić information content (AvgIpc) is 3.42. The molecular formula is C31H33N3O3. The zero-order valence-electron chi connectivity index (χ0n) is 21.1. The highest BCUT2D eigenvalue weighted by Gasteiger charge is 2.15. The SMILES string of the molecule is O=C(Cc1ccc(C(=O)CCCCN2CCOCC2)cc1)Cc1c(-c2ccccc2)ccc2cncn12. The Kier molecular flexibility index (Phi) is 8.18. The lowest BCUT2D eigenvalue weighted by Crippen LogP contribution is -2.36. The fraction of sp³-hybridized carbons (Fsp3) is 0.323. The summed E-state index contributed by atoms with van der Waals surface area (Å²) in [5.41, 5.74) is 5.66. The molecule has 1 aliphatic rings. The molecule has 0 radical (unpaired) electrons. The molecule has 4 aromatic rings. The van der Waals surface area contributed by atoms with Crippen LogP contribution in [-0.4, -0.2) is 58.7 Å². The lowest BCUT2D eigenvalue weighted by Gasteiger charge is -2.26. The van der Waals surface area contributed by atoms with Crippen LogP contribution in [0.5, 0.6) is 0 Å². The molecule has 6 heteroatoms. The van der Waals surface area contributed by atoms with Crippen LogP contribution < -0.4 is 0 Å². The molecule has 6 nitrogen and oxygen atoms in total. The van der Waals surface area contributed by atoms with Gasteiger partial charge in [0.25, 0.3) is 0 Å². The van der Waals surface area contributed by atoms with Crippen LogP contribution in [0.25, 0.3) is 16.6 Å². The molecule has 0 spiro atoms. The first-order valence-electron chi connectivity index (χ1n) is 13.1. The number of hydrogen-bond donors (Lipinski definition) is 0. The lowest BCUT2D eigenvalue weighted by atomic mass is 9.97. The van der Waals surface area contributed by atoms with Crippen LogP contribution >= 0.6 is 0 Å². The second kappa shape index (κ2) is 12.1. The highest BCUT2D eigenvalue weighted by Crippen LogP contribution is 2.26. The van der Waals surface area contributed by atoms with Crippen molar-refractivity contribution in [3.05, 3.63) is 96.1 Å². The summed E-state index contributed by atoms with van der Waals surface area (Å²) in [6.45, 7) is 4.61. The number of unbranched alkanes of at least 4 members (excludes halogenated alkanes) is 1. The molecule has 0 saturated carbocycles. The summed E-state index contributed by atoms with van der Waals surface area (Å²) in [6.07, 6.45) is 6.68. The minimum Gasteiger partial charge on any atom is -0.379 e. The van der Waals surface area contributed by atoms with E-state index in [1.165, 1.54) is 0 Å². The van der Waals surface area contributed by atoms with Gasteiger partial charge in [-0.05, 0) is 36.6 Å². The van der Waals surface area contributed by atoms with Gasteiger partial charge in [0.15, 0.2) is 5.78 Å². The number of ether oxygens (including phenoxy) is 1. The van der Waals surface area contributed by atoms with E-state index in [-0.39, 0.29) is 11.6 Å². The largest absolute Gasteiger partial charge is 0.379 e. The van der Waals surface area contributed by atoms with Gasteiger partial charge in [-0.25, -0.2) is 4.98 Å². The number of fused-ring (bicyclic) bond motifs is 1. The van der Waals surface area contributed by atoms with Gasteiger partial charge < -0.3 is 9.14 Å². The van der Waals surface area contributed by atoms with Crippen LogP contribution in [0.1, 0.15) is 40.9 Å². The maximum absolute atomic E-state index is 13.1. The molecule has 37 heavy (non-hydrogen) atoms. The molecule has 0 aliphatic carbocycles. The number of ketones is 2. The molecule has 1 fully saturated rings. The highest BCUT2D eigenvalue weighted by atomic mass is 16.5. The Balaban J connectivity index is 1.18. The van der Waals surface area contributed by atoms with E-state index in [1.54, 1.807) is 12.5 Å². The van der Waals surface area contributed by atoms with Crippen molar-refractivity contribution < 1.29 is 14.3 Å². The fourth-order valence-corrected chi connectivity index (χ4v) is 4.99. The molecular weight excluding hydrogens is 462 g/mol. The van der Waals surface area contributed by atoms with Gasteiger partial charge >= 0.3 is 0 Å². The minimum atomic E-state index is 0.126. The van der Waals surface area contributed by atoms with Gasteiger partial charge in [-0.15, -0.1) is 0 Å². The molecule has 2 aromatic heterocycles. The van der Waals surface area contributed by atoms with Gasteiger partial charge in [0.1, 0.15) is 5.78 Å². The molecule has 0 amide bonds. The summed E-state index contributed by atoms with van der Waals surface area (Å²) in [5.74, 6) is 0.291. The third kappa shape index (κ3) is 6.40. The lowest BCUT2D eigenvalue weighted by molar-refractivity contribution is -0.117. The van der Waals surface area contributed by atoms with Crippen molar-refractivity contribution in [3.8, 4) is 11.1 Å². The van der Waals surface area contributed by atoms with E-state index >= 15 is 0 Å². The van der Waals surface area contributed by atoms with Crippen molar-refractivity contribution in [1.29, 1.82) is 0 Å². The van der Waals surface area contributed by atoms with Gasteiger partial charge in [-0.1, -0.05) is 60.7 Å². The maximum Gasteiger partial charge on any atom is 0.162 e. The van der Waals surface area contributed by atoms with Crippen molar-refractivity contribution >= 4 is 17.1 Å². The Labute approximate surface area is 217 Å². The molecule has 0 N–H and O–H groups in total. The third-order valence-electron chi connectivity index (χ3n) is 7.05.